The number of hydrogen-bond acceptors (Lipinski definition) is 6. The third-order valence-electron chi connectivity index (χ3n) is 3.35. The summed E-state index contributed by atoms with van der Waals surface area (Å²) in [6.07, 6.45) is 1.42. The summed E-state index contributed by atoms with van der Waals surface area (Å²) >= 11 is 1.07. The molecule has 0 N–H and O–H groups in total. The number of carbonyl (C=O) groups excluding carboxylic acids is 1. The van der Waals surface area contributed by atoms with E-state index in [-0.39, 0.29) is 15.9 Å². The van der Waals surface area contributed by atoms with E-state index in [2.05, 4.69) is 4.74 Å². The molecule has 20 heavy (non-hydrogen) atoms. The highest BCUT2D eigenvalue weighted by Gasteiger charge is 2.33. The Labute approximate surface area is 122 Å². The zero-order valence-corrected chi connectivity index (χ0v) is 13.0. The maximum atomic E-state index is 12.6. The van der Waals surface area contributed by atoms with E-state index in [1.165, 1.54) is 17.5 Å². The lowest BCUT2D eigenvalue weighted by atomic mass is 10.1. The summed E-state index contributed by atoms with van der Waals surface area (Å²) in [4.78, 5) is 11.8. The first-order chi connectivity index (χ1) is 9.50. The highest BCUT2D eigenvalue weighted by molar-refractivity contribution is 7.89. The Morgan fingerprint density at radius 2 is 2.00 bits per heavy atom. The summed E-state index contributed by atoms with van der Waals surface area (Å²) in [7, 11) is -0.782. The minimum atomic E-state index is -3.65. The van der Waals surface area contributed by atoms with Crippen LogP contribution in [0, 0.1) is 0 Å². The molecule has 0 atom stereocenters. The van der Waals surface area contributed by atoms with Gasteiger partial charge in [-0.05, 0) is 24.3 Å². The van der Waals surface area contributed by atoms with Gasteiger partial charge >= 0.3 is 5.97 Å². The van der Waals surface area contributed by atoms with E-state index in [0.29, 0.717) is 25.9 Å². The fraction of sp³-hybridized carbons (Fsp3) is 0.583. The molecule has 0 unspecified atom stereocenters. The molecule has 0 amide bonds. The van der Waals surface area contributed by atoms with Gasteiger partial charge in [-0.25, -0.2) is 13.2 Å². The third kappa shape index (κ3) is 2.88. The second-order valence-corrected chi connectivity index (χ2v) is 7.27. The average Bonchev–Trinajstić information content (AvgIpc) is 2.96. The quantitative estimate of drug-likeness (QED) is 0.783. The number of carbonyl (C=O) groups is 1. The van der Waals surface area contributed by atoms with Gasteiger partial charge in [0.25, 0.3) is 0 Å². The molecule has 1 aromatic rings. The molecule has 2 rings (SSSR count). The SMILES string of the molecule is COC(=O)c1sccc1S(=O)(=O)N1CCC(OC)CC1. The van der Waals surface area contributed by atoms with E-state index in [9.17, 15) is 13.2 Å². The van der Waals surface area contributed by atoms with Crippen molar-refractivity contribution in [3.05, 3.63) is 16.3 Å². The van der Waals surface area contributed by atoms with Crippen LogP contribution in [0.2, 0.25) is 0 Å². The fourth-order valence-electron chi connectivity index (χ4n) is 2.19. The Balaban J connectivity index is 2.23. The van der Waals surface area contributed by atoms with Gasteiger partial charge in [0.15, 0.2) is 0 Å². The molecular formula is C12H17NO5S2. The largest absolute Gasteiger partial charge is 0.465 e. The predicted molar refractivity (Wildman–Crippen MR) is 74.4 cm³/mol. The summed E-state index contributed by atoms with van der Waals surface area (Å²) in [5.74, 6) is -0.620. The van der Waals surface area contributed by atoms with Crippen molar-refractivity contribution >= 4 is 27.3 Å². The minimum Gasteiger partial charge on any atom is -0.465 e. The Morgan fingerprint density at radius 3 is 2.55 bits per heavy atom. The standard InChI is InChI=1S/C12H17NO5S2/c1-17-9-3-6-13(7-4-9)20(15,16)10-5-8-19-11(10)12(14)18-2/h5,8-9H,3-4,6-7H2,1-2H3. The van der Waals surface area contributed by atoms with Gasteiger partial charge < -0.3 is 9.47 Å². The molecule has 2 heterocycles. The van der Waals surface area contributed by atoms with Gasteiger partial charge in [0.2, 0.25) is 10.0 Å². The molecule has 8 heteroatoms. The average molecular weight is 319 g/mol. The third-order valence-corrected chi connectivity index (χ3v) is 6.32. The van der Waals surface area contributed by atoms with E-state index < -0.39 is 16.0 Å². The van der Waals surface area contributed by atoms with Crippen LogP contribution in [0.15, 0.2) is 16.3 Å². The lowest BCUT2D eigenvalue weighted by Gasteiger charge is -2.30. The molecule has 0 bridgehead atoms. The molecule has 0 spiro atoms. The molecule has 0 saturated carbocycles. The minimum absolute atomic E-state index is 0.0326. The summed E-state index contributed by atoms with van der Waals surface area (Å²) < 4.78 is 36.4. The van der Waals surface area contributed by atoms with Crippen LogP contribution in [0.4, 0.5) is 0 Å². The van der Waals surface area contributed by atoms with Crippen molar-refractivity contribution in [1.82, 2.24) is 4.31 Å². The number of thiophene rings is 1. The molecule has 1 aliphatic heterocycles. The van der Waals surface area contributed by atoms with Crippen LogP contribution in [0.3, 0.4) is 0 Å². The van der Waals surface area contributed by atoms with Crippen LogP contribution in [0.5, 0.6) is 0 Å². The second-order valence-electron chi connectivity index (χ2n) is 4.44. The zero-order valence-electron chi connectivity index (χ0n) is 11.4. The highest BCUT2D eigenvalue weighted by atomic mass is 32.2. The smallest absolute Gasteiger partial charge is 0.349 e. The van der Waals surface area contributed by atoms with Crippen LogP contribution < -0.4 is 0 Å². The van der Waals surface area contributed by atoms with Crippen LogP contribution in [0.25, 0.3) is 0 Å². The lowest BCUT2D eigenvalue weighted by molar-refractivity contribution is 0.0590. The van der Waals surface area contributed by atoms with E-state index in [1.807, 2.05) is 0 Å². The maximum Gasteiger partial charge on any atom is 0.349 e. The van der Waals surface area contributed by atoms with Crippen LogP contribution in [-0.2, 0) is 19.5 Å². The van der Waals surface area contributed by atoms with Gasteiger partial charge in [-0.1, -0.05) is 0 Å². The highest BCUT2D eigenvalue weighted by Crippen LogP contribution is 2.28. The van der Waals surface area contributed by atoms with E-state index >= 15 is 0 Å². The van der Waals surface area contributed by atoms with Gasteiger partial charge in [-0.15, -0.1) is 11.3 Å². The topological polar surface area (TPSA) is 72.9 Å². The first kappa shape index (κ1) is 15.4. The molecule has 0 aromatic carbocycles. The Bertz CT molecular complexity index is 572. The van der Waals surface area contributed by atoms with Crippen molar-refractivity contribution < 1.29 is 22.7 Å². The van der Waals surface area contributed by atoms with Gasteiger partial charge in [-0.2, -0.15) is 4.31 Å². The van der Waals surface area contributed by atoms with Gasteiger partial charge in [0.1, 0.15) is 9.77 Å². The number of esters is 1. The number of methoxy groups -OCH3 is 2. The molecule has 6 nitrogen and oxygen atoms in total. The normalized spacial score (nSPS) is 18.1. The molecular weight excluding hydrogens is 302 g/mol. The van der Waals surface area contributed by atoms with Crippen molar-refractivity contribution in [3.63, 3.8) is 0 Å². The maximum absolute atomic E-state index is 12.6. The number of nitrogens with zero attached hydrogens (tertiary/aromatic N) is 1. The number of sulfonamides is 1. The zero-order chi connectivity index (χ0) is 14.8. The fourth-order valence-corrected chi connectivity index (χ4v) is 4.97. The monoisotopic (exact) mass is 319 g/mol. The number of piperidine rings is 1. The van der Waals surface area contributed by atoms with Crippen molar-refractivity contribution in [3.8, 4) is 0 Å². The van der Waals surface area contributed by atoms with Crippen LogP contribution in [-0.4, -0.2) is 52.1 Å². The van der Waals surface area contributed by atoms with Crippen molar-refractivity contribution in [2.24, 2.45) is 0 Å². The first-order valence-electron chi connectivity index (χ1n) is 6.19. The summed E-state index contributed by atoms with van der Waals surface area (Å²) in [5, 5.41) is 1.58. The van der Waals surface area contributed by atoms with Crippen molar-refractivity contribution in [2.75, 3.05) is 27.3 Å². The van der Waals surface area contributed by atoms with Gasteiger partial charge in [0.05, 0.1) is 13.2 Å². The summed E-state index contributed by atoms with van der Waals surface area (Å²) in [6, 6.07) is 1.45. The second kappa shape index (κ2) is 6.21. The number of rotatable bonds is 4. The van der Waals surface area contributed by atoms with Crippen LogP contribution >= 0.6 is 11.3 Å². The van der Waals surface area contributed by atoms with Crippen molar-refractivity contribution in [2.45, 2.75) is 23.8 Å². The van der Waals surface area contributed by atoms with Crippen molar-refractivity contribution in [1.29, 1.82) is 0 Å². The van der Waals surface area contributed by atoms with E-state index in [1.54, 1.807) is 12.5 Å². The Hall–Kier alpha value is -0.960. The molecule has 1 aliphatic rings. The molecule has 1 fully saturated rings. The molecule has 1 saturated heterocycles. The van der Waals surface area contributed by atoms with Crippen LogP contribution in [0.1, 0.15) is 22.5 Å². The van der Waals surface area contributed by atoms with E-state index in [4.69, 9.17) is 4.74 Å². The predicted octanol–water partition coefficient (Wildman–Crippen LogP) is 1.33. The van der Waals surface area contributed by atoms with E-state index in [0.717, 1.165) is 11.3 Å². The molecule has 112 valence electrons. The Morgan fingerprint density at radius 1 is 1.35 bits per heavy atom. The number of hydrogen-bond donors (Lipinski definition) is 0. The van der Waals surface area contributed by atoms with Gasteiger partial charge in [0, 0.05) is 20.2 Å². The molecule has 1 aromatic heterocycles. The molecule has 0 aliphatic carbocycles. The Kier molecular flexibility index (Phi) is 4.79. The first-order valence-corrected chi connectivity index (χ1v) is 8.51. The number of ether oxygens (including phenoxy) is 2. The lowest BCUT2D eigenvalue weighted by Crippen LogP contribution is -2.40. The summed E-state index contributed by atoms with van der Waals surface area (Å²) in [6.45, 7) is 0.800. The van der Waals surface area contributed by atoms with Gasteiger partial charge in [-0.3, -0.25) is 0 Å². The molecule has 0 radical (unpaired) electrons. The summed E-state index contributed by atoms with van der Waals surface area (Å²) in [5.41, 5.74) is 0.